The molecule has 6 rings (SSSR count). The lowest BCUT2D eigenvalue weighted by atomic mass is 10.1. The molecule has 40 heavy (non-hydrogen) atoms. The number of nitrogens with one attached hydrogen (secondary N) is 1. The highest BCUT2D eigenvalue weighted by Gasteiger charge is 2.25. The number of nitrogens with two attached hydrogens (primary N) is 1. The number of aromatic nitrogens is 2. The number of halogens is 1. The summed E-state index contributed by atoms with van der Waals surface area (Å²) in [4.78, 5) is 19.8. The van der Waals surface area contributed by atoms with E-state index in [1.807, 2.05) is 17.0 Å². The lowest BCUT2D eigenvalue weighted by Gasteiger charge is -2.34. The fraction of sp³-hybridized carbons (Fsp3) is 0.172. The van der Waals surface area contributed by atoms with Crippen LogP contribution in [0.4, 0.5) is 15.8 Å². The van der Waals surface area contributed by atoms with Gasteiger partial charge in [0, 0.05) is 41.7 Å². The lowest BCUT2D eigenvalue weighted by Crippen LogP contribution is -2.43. The van der Waals surface area contributed by atoms with Gasteiger partial charge in [0.25, 0.3) is 15.9 Å². The molecule has 2 aromatic heterocycles. The Morgan fingerprint density at radius 3 is 2.62 bits per heavy atom. The van der Waals surface area contributed by atoms with Crippen molar-refractivity contribution in [2.75, 3.05) is 23.3 Å². The number of hydrogen-bond donors (Lipinski definition) is 2. The van der Waals surface area contributed by atoms with Gasteiger partial charge < -0.3 is 16.0 Å². The standard InChI is InChI=1S/C29H26FN5O3S2/c30-23-12-6-13-24(27(23)34-15-7-8-19(31)16-34)32-28(36)25-18-39-29(33-25)22-17-35(26-14-5-4-11-21(22)26)40(37,38)20-9-2-1-3-10-20/h1-6,9-14,17-19H,7-8,15-16,31H2,(H,32,36)/t19-/m1/s1. The van der Waals surface area contributed by atoms with Gasteiger partial charge in [0.15, 0.2) is 0 Å². The number of piperidine rings is 1. The van der Waals surface area contributed by atoms with Crippen molar-refractivity contribution in [2.24, 2.45) is 5.73 Å². The van der Waals surface area contributed by atoms with Crippen molar-refractivity contribution >= 4 is 49.5 Å². The molecule has 5 aromatic rings. The SMILES string of the molecule is N[C@@H]1CCCN(c2c(F)cccc2NC(=O)c2csc(-c3cn(S(=O)(=O)c4ccccc4)c4ccccc34)n2)C1. The van der Waals surface area contributed by atoms with E-state index in [1.165, 1.54) is 27.6 Å². The van der Waals surface area contributed by atoms with E-state index in [1.54, 1.807) is 60.0 Å². The second kappa shape index (κ2) is 10.5. The summed E-state index contributed by atoms with van der Waals surface area (Å²) in [6, 6.07) is 19.9. The molecule has 3 N–H and O–H groups in total. The van der Waals surface area contributed by atoms with Crippen LogP contribution in [0, 0.1) is 5.82 Å². The minimum atomic E-state index is -3.86. The molecule has 1 amide bonds. The number of anilines is 2. The van der Waals surface area contributed by atoms with Gasteiger partial charge in [0.2, 0.25) is 0 Å². The Morgan fingerprint density at radius 2 is 1.82 bits per heavy atom. The second-order valence-corrected chi connectivity index (χ2v) is 12.3. The fourth-order valence-electron chi connectivity index (χ4n) is 5.06. The average molecular weight is 576 g/mol. The molecule has 3 heterocycles. The summed E-state index contributed by atoms with van der Waals surface area (Å²) < 4.78 is 43.1. The normalized spacial score (nSPS) is 15.8. The summed E-state index contributed by atoms with van der Waals surface area (Å²) in [7, 11) is -3.86. The number of thiazole rings is 1. The van der Waals surface area contributed by atoms with Crippen molar-refractivity contribution in [3.05, 3.63) is 95.9 Å². The summed E-state index contributed by atoms with van der Waals surface area (Å²) in [6.07, 6.45) is 3.25. The molecular formula is C29H26FN5O3S2. The van der Waals surface area contributed by atoms with Crippen molar-refractivity contribution in [2.45, 2.75) is 23.8 Å². The quantitative estimate of drug-likeness (QED) is 0.284. The highest BCUT2D eigenvalue weighted by Crippen LogP contribution is 2.36. The molecule has 0 radical (unpaired) electrons. The first-order valence-electron chi connectivity index (χ1n) is 12.8. The smallest absolute Gasteiger partial charge is 0.275 e. The molecule has 1 fully saturated rings. The fourth-order valence-corrected chi connectivity index (χ4v) is 7.28. The van der Waals surface area contributed by atoms with E-state index in [9.17, 15) is 17.6 Å². The van der Waals surface area contributed by atoms with Crippen LogP contribution in [-0.2, 0) is 10.0 Å². The molecule has 0 bridgehead atoms. The van der Waals surface area contributed by atoms with Gasteiger partial charge in [-0.1, -0.05) is 42.5 Å². The van der Waals surface area contributed by atoms with Gasteiger partial charge in [0.1, 0.15) is 16.5 Å². The van der Waals surface area contributed by atoms with E-state index < -0.39 is 21.7 Å². The third-order valence-corrected chi connectivity index (χ3v) is 9.52. The van der Waals surface area contributed by atoms with Crippen molar-refractivity contribution in [1.82, 2.24) is 8.96 Å². The van der Waals surface area contributed by atoms with Gasteiger partial charge in [0.05, 0.1) is 21.8 Å². The average Bonchev–Trinajstić information content (AvgIpc) is 3.59. The van der Waals surface area contributed by atoms with E-state index in [4.69, 9.17) is 5.73 Å². The first-order chi connectivity index (χ1) is 19.3. The molecule has 11 heteroatoms. The molecule has 1 aliphatic rings. The van der Waals surface area contributed by atoms with Crippen molar-refractivity contribution < 1.29 is 17.6 Å². The maximum absolute atomic E-state index is 14.9. The molecule has 1 aliphatic heterocycles. The van der Waals surface area contributed by atoms with E-state index in [0.29, 0.717) is 45.9 Å². The predicted molar refractivity (Wildman–Crippen MR) is 156 cm³/mol. The Bertz CT molecular complexity index is 1820. The predicted octanol–water partition coefficient (Wildman–Crippen LogP) is 5.32. The number of amides is 1. The molecular weight excluding hydrogens is 549 g/mol. The molecule has 1 atom stereocenters. The maximum Gasteiger partial charge on any atom is 0.275 e. The zero-order valence-electron chi connectivity index (χ0n) is 21.3. The van der Waals surface area contributed by atoms with Crippen LogP contribution >= 0.6 is 11.3 Å². The van der Waals surface area contributed by atoms with Crippen LogP contribution in [0.2, 0.25) is 0 Å². The number of benzene rings is 3. The third-order valence-electron chi connectivity index (χ3n) is 6.95. The number of para-hydroxylation sites is 2. The van der Waals surface area contributed by atoms with E-state index in [0.717, 1.165) is 12.8 Å². The van der Waals surface area contributed by atoms with Crippen LogP contribution in [0.3, 0.4) is 0 Å². The highest BCUT2D eigenvalue weighted by molar-refractivity contribution is 7.90. The number of fused-ring (bicyclic) bond motifs is 1. The summed E-state index contributed by atoms with van der Waals surface area (Å²) in [5.74, 6) is -0.922. The number of carbonyl (C=O) groups is 1. The minimum absolute atomic E-state index is 0.0640. The van der Waals surface area contributed by atoms with E-state index in [-0.39, 0.29) is 16.6 Å². The Balaban J connectivity index is 1.33. The highest BCUT2D eigenvalue weighted by atomic mass is 32.2. The van der Waals surface area contributed by atoms with Crippen LogP contribution in [-0.4, -0.2) is 42.4 Å². The monoisotopic (exact) mass is 575 g/mol. The van der Waals surface area contributed by atoms with Crippen LogP contribution in [0.15, 0.2) is 89.3 Å². The minimum Gasteiger partial charge on any atom is -0.366 e. The molecule has 204 valence electrons. The third kappa shape index (κ3) is 4.76. The lowest BCUT2D eigenvalue weighted by molar-refractivity contribution is 0.102. The van der Waals surface area contributed by atoms with Gasteiger partial charge in [-0.3, -0.25) is 4.79 Å². The van der Waals surface area contributed by atoms with Crippen LogP contribution in [0.5, 0.6) is 0 Å². The van der Waals surface area contributed by atoms with Gasteiger partial charge in [-0.15, -0.1) is 11.3 Å². The second-order valence-electron chi connectivity index (χ2n) is 9.65. The summed E-state index contributed by atoms with van der Waals surface area (Å²) in [6.45, 7) is 1.15. The Labute approximate surface area is 234 Å². The summed E-state index contributed by atoms with van der Waals surface area (Å²) in [5.41, 5.74) is 8.02. The van der Waals surface area contributed by atoms with Gasteiger partial charge in [-0.05, 0) is 43.2 Å². The molecule has 3 aromatic carbocycles. The van der Waals surface area contributed by atoms with Crippen molar-refractivity contribution in [3.63, 3.8) is 0 Å². The molecule has 8 nitrogen and oxygen atoms in total. The molecule has 0 saturated carbocycles. The number of rotatable bonds is 6. The summed E-state index contributed by atoms with van der Waals surface area (Å²) in [5, 5.41) is 5.61. The number of hydrogen-bond acceptors (Lipinski definition) is 7. The Morgan fingerprint density at radius 1 is 1.05 bits per heavy atom. The number of nitrogens with zero attached hydrogens (tertiary/aromatic N) is 3. The Kier molecular flexibility index (Phi) is 6.87. The van der Waals surface area contributed by atoms with Crippen molar-refractivity contribution in [3.8, 4) is 10.6 Å². The van der Waals surface area contributed by atoms with E-state index in [2.05, 4.69) is 10.3 Å². The largest absolute Gasteiger partial charge is 0.366 e. The number of carbonyl (C=O) groups excluding carboxylic acids is 1. The maximum atomic E-state index is 14.9. The van der Waals surface area contributed by atoms with Crippen molar-refractivity contribution in [1.29, 1.82) is 0 Å². The molecule has 0 spiro atoms. The van der Waals surface area contributed by atoms with Gasteiger partial charge in [-0.25, -0.2) is 21.8 Å². The van der Waals surface area contributed by atoms with E-state index >= 15 is 0 Å². The van der Waals surface area contributed by atoms with Gasteiger partial charge in [-0.2, -0.15) is 0 Å². The zero-order chi connectivity index (χ0) is 27.9. The molecule has 0 aliphatic carbocycles. The van der Waals surface area contributed by atoms with Crippen LogP contribution in [0.25, 0.3) is 21.5 Å². The Hall–Kier alpha value is -4.06. The zero-order valence-corrected chi connectivity index (χ0v) is 23.0. The molecule has 1 saturated heterocycles. The topological polar surface area (TPSA) is 110 Å². The first-order valence-corrected chi connectivity index (χ1v) is 15.1. The van der Waals surface area contributed by atoms with Crippen LogP contribution in [0.1, 0.15) is 23.3 Å². The first kappa shape index (κ1) is 26.2. The summed E-state index contributed by atoms with van der Waals surface area (Å²) >= 11 is 1.23. The molecule has 0 unspecified atom stereocenters. The van der Waals surface area contributed by atoms with Gasteiger partial charge >= 0.3 is 0 Å². The van der Waals surface area contributed by atoms with Crippen LogP contribution < -0.4 is 16.0 Å².